The number of alkyl halides is 3. The van der Waals surface area contributed by atoms with Gasteiger partial charge in [-0.15, -0.1) is 0 Å². The minimum atomic E-state index is -4.41. The number of halogens is 5. The summed E-state index contributed by atoms with van der Waals surface area (Å²) in [6, 6.07) is 7.98. The second kappa shape index (κ2) is 9.60. The lowest BCUT2D eigenvalue weighted by Crippen LogP contribution is -2.52. The first-order valence-electron chi connectivity index (χ1n) is 11.1. The maximum atomic E-state index is 13.9. The fourth-order valence-electron chi connectivity index (χ4n) is 4.48. The minimum Gasteiger partial charge on any atom is -0.368 e. The number of likely N-dealkylation sites (tertiary alicyclic amines) is 1. The molecule has 2 amide bonds. The Morgan fingerprint density at radius 3 is 2.12 bits per heavy atom. The van der Waals surface area contributed by atoms with Gasteiger partial charge in [0.2, 0.25) is 5.91 Å². The zero-order valence-corrected chi connectivity index (χ0v) is 18.3. The van der Waals surface area contributed by atoms with Gasteiger partial charge in [-0.05, 0) is 43.2 Å². The van der Waals surface area contributed by atoms with Crippen LogP contribution >= 0.6 is 0 Å². The summed E-state index contributed by atoms with van der Waals surface area (Å²) in [6.45, 7) is 2.22. The van der Waals surface area contributed by atoms with Crippen LogP contribution in [-0.4, -0.2) is 60.9 Å². The molecule has 2 aromatic rings. The molecule has 0 radical (unpaired) electrons. The van der Waals surface area contributed by atoms with E-state index in [4.69, 9.17) is 0 Å². The molecule has 0 aliphatic carbocycles. The summed E-state index contributed by atoms with van der Waals surface area (Å²) < 4.78 is 66.0. The molecule has 182 valence electrons. The van der Waals surface area contributed by atoms with Gasteiger partial charge < -0.3 is 14.7 Å². The molecule has 0 N–H and O–H groups in total. The van der Waals surface area contributed by atoms with Crippen molar-refractivity contribution in [3.05, 3.63) is 65.2 Å². The number of amides is 2. The van der Waals surface area contributed by atoms with Crippen molar-refractivity contribution in [2.75, 3.05) is 44.2 Å². The Hall–Kier alpha value is -3.17. The van der Waals surface area contributed by atoms with Gasteiger partial charge in [0.15, 0.2) is 0 Å². The second-order valence-electron chi connectivity index (χ2n) is 8.55. The van der Waals surface area contributed by atoms with Crippen molar-refractivity contribution in [3.8, 4) is 0 Å². The summed E-state index contributed by atoms with van der Waals surface area (Å²) >= 11 is 0. The average molecular weight is 481 g/mol. The molecule has 2 fully saturated rings. The number of hydrogen-bond donors (Lipinski definition) is 0. The quantitative estimate of drug-likeness (QED) is 0.618. The predicted octanol–water partition coefficient (Wildman–Crippen LogP) is 4.18. The standard InChI is InChI=1S/C24H24F5N3O2/c25-18-4-5-20(21(26)15-18)23(34)31-8-6-16(7-9-31)22(33)32-12-10-30(11-13-32)19-3-1-2-17(14-19)24(27,28)29/h1-5,14-16H,6-13H2. The highest BCUT2D eigenvalue weighted by Crippen LogP contribution is 2.32. The molecule has 34 heavy (non-hydrogen) atoms. The van der Waals surface area contributed by atoms with Gasteiger partial charge in [0.05, 0.1) is 11.1 Å². The van der Waals surface area contributed by atoms with Gasteiger partial charge >= 0.3 is 6.18 Å². The highest BCUT2D eigenvalue weighted by Gasteiger charge is 2.34. The molecule has 2 aliphatic heterocycles. The molecular weight excluding hydrogens is 457 g/mol. The van der Waals surface area contributed by atoms with Crippen molar-refractivity contribution in [2.45, 2.75) is 19.0 Å². The lowest BCUT2D eigenvalue weighted by molar-refractivity contribution is -0.138. The fraction of sp³-hybridized carbons (Fsp3) is 0.417. The number of carbonyl (C=O) groups excluding carboxylic acids is 2. The topological polar surface area (TPSA) is 43.9 Å². The molecule has 0 atom stereocenters. The molecule has 4 rings (SSSR count). The van der Waals surface area contributed by atoms with Crippen molar-refractivity contribution < 1.29 is 31.5 Å². The van der Waals surface area contributed by atoms with Crippen molar-refractivity contribution >= 4 is 17.5 Å². The van der Waals surface area contributed by atoms with Crippen LogP contribution in [0.3, 0.4) is 0 Å². The summed E-state index contributed by atoms with van der Waals surface area (Å²) in [7, 11) is 0. The first-order chi connectivity index (χ1) is 16.1. The maximum Gasteiger partial charge on any atom is 0.416 e. The van der Waals surface area contributed by atoms with Crippen LogP contribution in [0.15, 0.2) is 42.5 Å². The Balaban J connectivity index is 1.30. The Labute approximate surface area is 193 Å². The van der Waals surface area contributed by atoms with E-state index >= 15 is 0 Å². The second-order valence-corrected chi connectivity index (χ2v) is 8.55. The summed E-state index contributed by atoms with van der Waals surface area (Å²) in [5, 5.41) is 0. The lowest BCUT2D eigenvalue weighted by atomic mass is 9.94. The lowest BCUT2D eigenvalue weighted by Gasteiger charge is -2.39. The third kappa shape index (κ3) is 5.15. The van der Waals surface area contributed by atoms with Gasteiger partial charge in [-0.1, -0.05) is 6.07 Å². The van der Waals surface area contributed by atoms with E-state index in [1.54, 1.807) is 11.0 Å². The summed E-state index contributed by atoms with van der Waals surface area (Å²) in [5.74, 6) is -2.52. The Bertz CT molecular complexity index is 1060. The smallest absolute Gasteiger partial charge is 0.368 e. The zero-order valence-electron chi connectivity index (χ0n) is 18.3. The van der Waals surface area contributed by atoms with Crippen LogP contribution in [0.2, 0.25) is 0 Å². The normalized spacial score (nSPS) is 17.7. The monoisotopic (exact) mass is 481 g/mol. The Morgan fingerprint density at radius 2 is 1.50 bits per heavy atom. The molecule has 2 heterocycles. The molecule has 2 aromatic carbocycles. The van der Waals surface area contributed by atoms with Crippen molar-refractivity contribution in [3.63, 3.8) is 0 Å². The summed E-state index contributed by atoms with van der Waals surface area (Å²) in [4.78, 5) is 30.5. The van der Waals surface area contributed by atoms with Crippen LogP contribution in [0.4, 0.5) is 27.6 Å². The van der Waals surface area contributed by atoms with Crippen molar-refractivity contribution in [1.82, 2.24) is 9.80 Å². The SMILES string of the molecule is O=C(c1ccc(F)cc1F)N1CCC(C(=O)N2CCN(c3cccc(C(F)(F)F)c3)CC2)CC1. The van der Waals surface area contributed by atoms with Crippen LogP contribution in [0.1, 0.15) is 28.8 Å². The molecule has 2 aliphatic rings. The number of piperidine rings is 1. The molecule has 10 heteroatoms. The van der Waals surface area contributed by atoms with E-state index in [0.29, 0.717) is 50.8 Å². The molecule has 5 nitrogen and oxygen atoms in total. The molecular formula is C24H24F5N3O2. The molecule has 0 bridgehead atoms. The van der Waals surface area contributed by atoms with Crippen LogP contribution in [0.25, 0.3) is 0 Å². The van der Waals surface area contributed by atoms with Gasteiger partial charge in [-0.25, -0.2) is 8.78 Å². The molecule has 0 saturated carbocycles. The largest absolute Gasteiger partial charge is 0.416 e. The van der Waals surface area contributed by atoms with Gasteiger partial charge in [-0.2, -0.15) is 13.2 Å². The Morgan fingerprint density at radius 1 is 0.824 bits per heavy atom. The number of hydrogen-bond acceptors (Lipinski definition) is 3. The summed E-state index contributed by atoms with van der Waals surface area (Å²) in [6.07, 6.45) is -3.55. The third-order valence-corrected chi connectivity index (χ3v) is 6.42. The first kappa shape index (κ1) is 24.0. The molecule has 2 saturated heterocycles. The van der Waals surface area contributed by atoms with E-state index in [1.165, 1.54) is 11.0 Å². The highest BCUT2D eigenvalue weighted by molar-refractivity contribution is 5.94. The number of nitrogens with zero attached hydrogens (tertiary/aromatic N) is 3. The molecule has 0 spiro atoms. The molecule has 0 unspecified atom stereocenters. The van der Waals surface area contributed by atoms with Gasteiger partial charge in [0, 0.05) is 56.9 Å². The predicted molar refractivity (Wildman–Crippen MR) is 115 cm³/mol. The number of benzene rings is 2. The highest BCUT2D eigenvalue weighted by atomic mass is 19.4. The van der Waals surface area contributed by atoms with Crippen LogP contribution in [-0.2, 0) is 11.0 Å². The maximum absolute atomic E-state index is 13.9. The van der Waals surface area contributed by atoms with Crippen LogP contribution in [0, 0.1) is 17.6 Å². The number of rotatable bonds is 3. The van der Waals surface area contributed by atoms with Gasteiger partial charge in [0.1, 0.15) is 11.6 Å². The first-order valence-corrected chi connectivity index (χ1v) is 11.1. The van der Waals surface area contributed by atoms with E-state index in [0.717, 1.165) is 24.3 Å². The van der Waals surface area contributed by atoms with Crippen LogP contribution in [0.5, 0.6) is 0 Å². The van der Waals surface area contributed by atoms with E-state index in [-0.39, 0.29) is 30.5 Å². The molecule has 0 aromatic heterocycles. The van der Waals surface area contributed by atoms with E-state index in [9.17, 15) is 31.5 Å². The van der Waals surface area contributed by atoms with Crippen LogP contribution < -0.4 is 4.90 Å². The third-order valence-electron chi connectivity index (χ3n) is 6.42. The minimum absolute atomic E-state index is 0.0382. The fourth-order valence-corrected chi connectivity index (χ4v) is 4.48. The number of piperazine rings is 1. The summed E-state index contributed by atoms with van der Waals surface area (Å²) in [5.41, 5.74) is -0.427. The van der Waals surface area contributed by atoms with E-state index in [1.807, 2.05) is 4.90 Å². The van der Waals surface area contributed by atoms with E-state index < -0.39 is 29.3 Å². The van der Waals surface area contributed by atoms with E-state index in [2.05, 4.69) is 0 Å². The average Bonchev–Trinajstić information content (AvgIpc) is 2.83. The van der Waals surface area contributed by atoms with Crippen molar-refractivity contribution in [1.29, 1.82) is 0 Å². The van der Waals surface area contributed by atoms with Gasteiger partial charge in [-0.3, -0.25) is 9.59 Å². The number of carbonyl (C=O) groups is 2. The number of anilines is 1. The zero-order chi connectivity index (χ0) is 24.5. The Kier molecular flexibility index (Phi) is 6.77. The van der Waals surface area contributed by atoms with Gasteiger partial charge in [0.25, 0.3) is 5.91 Å². The van der Waals surface area contributed by atoms with Crippen molar-refractivity contribution in [2.24, 2.45) is 5.92 Å².